The number of hydrogen-bond acceptors (Lipinski definition) is 8. The van der Waals surface area contributed by atoms with E-state index in [1.807, 2.05) is 23.1 Å². The summed E-state index contributed by atoms with van der Waals surface area (Å²) in [4.78, 5) is 54.4. The van der Waals surface area contributed by atoms with Crippen molar-refractivity contribution in [3.05, 3.63) is 41.5 Å². The quantitative estimate of drug-likeness (QED) is 0.146. The number of unbranched alkanes of at least 4 members (excludes halogenated alkanes) is 1. The van der Waals surface area contributed by atoms with E-state index in [2.05, 4.69) is 22.9 Å². The maximum absolute atomic E-state index is 13.5. The predicted molar refractivity (Wildman–Crippen MR) is 153 cm³/mol. The SMILES string of the molecule is CCCCNc1ccc2c3c(cccc13)C(=O)N(CCN(CCC(=O)NCCN)CCC(=O)NCCN)C2=O. The van der Waals surface area contributed by atoms with Gasteiger partial charge in [-0.2, -0.15) is 0 Å². The van der Waals surface area contributed by atoms with E-state index < -0.39 is 0 Å². The molecular formula is C28H41N7O4. The van der Waals surface area contributed by atoms with Gasteiger partial charge in [-0.05, 0) is 24.6 Å². The molecule has 1 aliphatic heterocycles. The average molecular weight is 540 g/mol. The molecule has 212 valence electrons. The van der Waals surface area contributed by atoms with Crippen molar-refractivity contribution in [3.8, 4) is 0 Å². The van der Waals surface area contributed by atoms with Gasteiger partial charge >= 0.3 is 0 Å². The highest BCUT2D eigenvalue weighted by atomic mass is 16.2. The van der Waals surface area contributed by atoms with Crippen LogP contribution in [0.4, 0.5) is 5.69 Å². The monoisotopic (exact) mass is 539 g/mol. The molecule has 0 saturated heterocycles. The van der Waals surface area contributed by atoms with Gasteiger partial charge in [0, 0.05) is 99.3 Å². The highest BCUT2D eigenvalue weighted by Crippen LogP contribution is 2.34. The van der Waals surface area contributed by atoms with E-state index in [9.17, 15) is 19.2 Å². The van der Waals surface area contributed by atoms with Crippen LogP contribution in [0, 0.1) is 0 Å². The zero-order chi connectivity index (χ0) is 28.2. The van der Waals surface area contributed by atoms with E-state index in [0.717, 1.165) is 30.5 Å². The molecule has 39 heavy (non-hydrogen) atoms. The Morgan fingerprint density at radius 2 is 1.46 bits per heavy atom. The number of amides is 4. The van der Waals surface area contributed by atoms with Crippen molar-refractivity contribution >= 4 is 40.1 Å². The summed E-state index contributed by atoms with van der Waals surface area (Å²) in [5.41, 5.74) is 12.8. The zero-order valence-electron chi connectivity index (χ0n) is 22.8. The third kappa shape index (κ3) is 7.98. The fourth-order valence-corrected chi connectivity index (χ4v) is 4.60. The maximum atomic E-state index is 13.5. The number of imide groups is 1. The number of hydrogen-bond donors (Lipinski definition) is 5. The third-order valence-electron chi connectivity index (χ3n) is 6.72. The Balaban J connectivity index is 1.73. The number of nitrogens with zero attached hydrogens (tertiary/aromatic N) is 2. The maximum Gasteiger partial charge on any atom is 0.261 e. The lowest BCUT2D eigenvalue weighted by atomic mass is 9.93. The molecule has 3 rings (SSSR count). The molecule has 0 atom stereocenters. The van der Waals surface area contributed by atoms with E-state index in [1.165, 1.54) is 4.90 Å². The minimum atomic E-state index is -0.342. The molecule has 0 aliphatic carbocycles. The van der Waals surface area contributed by atoms with Crippen LogP contribution in [0.3, 0.4) is 0 Å². The Hall–Kier alpha value is -3.54. The Morgan fingerprint density at radius 1 is 0.846 bits per heavy atom. The summed E-state index contributed by atoms with van der Waals surface area (Å²) < 4.78 is 0. The van der Waals surface area contributed by atoms with Gasteiger partial charge in [-0.1, -0.05) is 25.5 Å². The molecule has 2 aromatic rings. The minimum absolute atomic E-state index is 0.138. The van der Waals surface area contributed by atoms with Crippen molar-refractivity contribution in [2.75, 3.05) is 64.2 Å². The molecule has 0 spiro atoms. The van der Waals surface area contributed by atoms with Crippen molar-refractivity contribution in [3.63, 3.8) is 0 Å². The van der Waals surface area contributed by atoms with Crippen molar-refractivity contribution in [1.82, 2.24) is 20.4 Å². The summed E-state index contributed by atoms with van der Waals surface area (Å²) in [5, 5.41) is 10.4. The zero-order valence-corrected chi connectivity index (χ0v) is 22.8. The normalized spacial score (nSPS) is 12.8. The van der Waals surface area contributed by atoms with Gasteiger partial charge in [-0.25, -0.2) is 0 Å². The van der Waals surface area contributed by atoms with Gasteiger partial charge in [-0.15, -0.1) is 0 Å². The molecule has 2 aromatic carbocycles. The molecule has 0 aromatic heterocycles. The van der Waals surface area contributed by atoms with E-state index in [0.29, 0.717) is 62.3 Å². The summed E-state index contributed by atoms with van der Waals surface area (Å²) in [5.74, 6) is -0.977. The summed E-state index contributed by atoms with van der Waals surface area (Å²) in [6.07, 6.45) is 2.51. The Morgan fingerprint density at radius 3 is 2.05 bits per heavy atom. The number of benzene rings is 2. The van der Waals surface area contributed by atoms with Crippen LogP contribution in [-0.4, -0.2) is 92.3 Å². The highest BCUT2D eigenvalue weighted by Gasteiger charge is 2.33. The Labute approximate surface area is 229 Å². The van der Waals surface area contributed by atoms with Crippen LogP contribution in [0.2, 0.25) is 0 Å². The molecule has 11 nitrogen and oxygen atoms in total. The van der Waals surface area contributed by atoms with Gasteiger partial charge in [0.1, 0.15) is 0 Å². The molecule has 0 unspecified atom stereocenters. The molecule has 0 fully saturated rings. The highest BCUT2D eigenvalue weighted by molar-refractivity contribution is 6.26. The lowest BCUT2D eigenvalue weighted by Crippen LogP contribution is -2.45. The van der Waals surface area contributed by atoms with Crippen LogP contribution in [0.5, 0.6) is 0 Å². The number of rotatable bonds is 17. The fourth-order valence-electron chi connectivity index (χ4n) is 4.60. The summed E-state index contributed by atoms with van der Waals surface area (Å²) >= 11 is 0. The van der Waals surface area contributed by atoms with Crippen molar-refractivity contribution in [2.45, 2.75) is 32.6 Å². The predicted octanol–water partition coefficient (Wildman–Crippen LogP) is 0.880. The second kappa shape index (κ2) is 15.2. The summed E-state index contributed by atoms with van der Waals surface area (Å²) in [6, 6.07) is 9.20. The molecule has 0 saturated carbocycles. The Kier molecular flexibility index (Phi) is 11.7. The van der Waals surface area contributed by atoms with Gasteiger partial charge < -0.3 is 32.3 Å². The minimum Gasteiger partial charge on any atom is -0.385 e. The molecule has 1 aliphatic rings. The second-order valence-electron chi connectivity index (χ2n) is 9.55. The largest absolute Gasteiger partial charge is 0.385 e. The van der Waals surface area contributed by atoms with E-state index in [4.69, 9.17) is 11.5 Å². The van der Waals surface area contributed by atoms with E-state index in [1.54, 1.807) is 12.1 Å². The first-order valence-electron chi connectivity index (χ1n) is 13.7. The van der Waals surface area contributed by atoms with Crippen molar-refractivity contribution < 1.29 is 19.2 Å². The number of carbonyl (C=O) groups excluding carboxylic acids is 4. The van der Waals surface area contributed by atoms with Crippen LogP contribution >= 0.6 is 0 Å². The van der Waals surface area contributed by atoms with Crippen LogP contribution in [0.15, 0.2) is 30.3 Å². The molecular weight excluding hydrogens is 498 g/mol. The lowest BCUT2D eigenvalue weighted by Gasteiger charge is -2.30. The number of nitrogens with one attached hydrogen (secondary N) is 3. The third-order valence-corrected chi connectivity index (χ3v) is 6.72. The molecule has 0 bridgehead atoms. The lowest BCUT2D eigenvalue weighted by molar-refractivity contribution is -0.121. The standard InChI is InChI=1S/C28H41N7O4/c1-2-3-13-31-23-8-7-22-26-20(23)5-4-6-21(26)27(38)35(28(22)39)19-18-34(16-9-24(36)32-14-11-29)17-10-25(37)33-15-12-30/h4-8,31H,2-3,9-19,29-30H2,1H3,(H,32,36)(H,33,37). The number of carbonyl (C=O) groups is 4. The van der Waals surface area contributed by atoms with Crippen LogP contribution in [0.25, 0.3) is 10.8 Å². The van der Waals surface area contributed by atoms with E-state index in [-0.39, 0.29) is 43.0 Å². The van der Waals surface area contributed by atoms with Crippen molar-refractivity contribution in [2.24, 2.45) is 11.5 Å². The van der Waals surface area contributed by atoms with Crippen LogP contribution < -0.4 is 27.4 Å². The van der Waals surface area contributed by atoms with Gasteiger partial charge in [0.25, 0.3) is 11.8 Å². The smallest absolute Gasteiger partial charge is 0.261 e. The average Bonchev–Trinajstić information content (AvgIpc) is 2.94. The van der Waals surface area contributed by atoms with Gasteiger partial charge in [-0.3, -0.25) is 24.1 Å². The molecule has 7 N–H and O–H groups in total. The number of nitrogens with two attached hydrogens (primary N) is 2. The first-order valence-corrected chi connectivity index (χ1v) is 13.7. The summed E-state index contributed by atoms with van der Waals surface area (Å²) in [7, 11) is 0. The first-order chi connectivity index (χ1) is 18.9. The topological polar surface area (TPSA) is 163 Å². The molecule has 11 heteroatoms. The molecule has 1 heterocycles. The molecule has 0 radical (unpaired) electrons. The van der Waals surface area contributed by atoms with Crippen molar-refractivity contribution in [1.29, 1.82) is 0 Å². The van der Waals surface area contributed by atoms with Gasteiger partial charge in [0.2, 0.25) is 11.8 Å². The van der Waals surface area contributed by atoms with E-state index >= 15 is 0 Å². The number of anilines is 1. The first kappa shape index (κ1) is 30.0. The van der Waals surface area contributed by atoms with Gasteiger partial charge in [0.15, 0.2) is 0 Å². The van der Waals surface area contributed by atoms with Gasteiger partial charge in [0.05, 0.1) is 0 Å². The summed E-state index contributed by atoms with van der Waals surface area (Å²) in [6.45, 7) is 5.61. The second-order valence-corrected chi connectivity index (χ2v) is 9.55. The fraction of sp³-hybridized carbons (Fsp3) is 0.500. The van der Waals surface area contributed by atoms with Crippen LogP contribution in [-0.2, 0) is 9.59 Å². The molecule has 4 amide bonds. The van der Waals surface area contributed by atoms with Crippen LogP contribution in [0.1, 0.15) is 53.3 Å². The Bertz CT molecular complexity index is 1120.